The van der Waals surface area contributed by atoms with E-state index in [-0.39, 0.29) is 18.2 Å². The number of carbonyl (C=O) groups is 3. The number of nitrogens with zero attached hydrogens (tertiary/aromatic N) is 1. The number of hydrogen-bond acceptors (Lipinski definition) is 5. The molecule has 0 saturated carbocycles. The van der Waals surface area contributed by atoms with Gasteiger partial charge in [0.1, 0.15) is 6.04 Å². The highest BCUT2D eigenvalue weighted by Crippen LogP contribution is 2.19. The summed E-state index contributed by atoms with van der Waals surface area (Å²) in [5.41, 5.74) is 0.812. The van der Waals surface area contributed by atoms with Crippen molar-refractivity contribution in [2.75, 3.05) is 10.6 Å². The SMILES string of the molecule is O=C(CC1NC(=O)c2ccccc2NC1=O)Nc1nccs1. The van der Waals surface area contributed by atoms with Gasteiger partial charge in [0.15, 0.2) is 5.13 Å². The minimum absolute atomic E-state index is 0.162. The van der Waals surface area contributed by atoms with Crippen LogP contribution in [-0.4, -0.2) is 28.7 Å². The number of rotatable bonds is 3. The standard InChI is InChI=1S/C14H12N4O3S/c19-11(18-14-15-5-6-22-14)7-10-13(21)16-9-4-2-1-3-8(9)12(20)17-10/h1-6,10H,7H2,(H,16,21)(H,17,20)(H,15,18,19). The van der Waals surface area contributed by atoms with Crippen LogP contribution in [0.1, 0.15) is 16.8 Å². The average Bonchev–Trinajstić information content (AvgIpc) is 2.95. The van der Waals surface area contributed by atoms with Crippen LogP contribution >= 0.6 is 11.3 Å². The molecule has 0 saturated heterocycles. The Labute approximate surface area is 129 Å². The van der Waals surface area contributed by atoms with Crippen molar-refractivity contribution in [3.05, 3.63) is 41.4 Å². The molecule has 3 rings (SSSR count). The van der Waals surface area contributed by atoms with Crippen molar-refractivity contribution in [2.24, 2.45) is 0 Å². The maximum absolute atomic E-state index is 12.1. The zero-order chi connectivity index (χ0) is 15.5. The van der Waals surface area contributed by atoms with Crippen LogP contribution in [0.25, 0.3) is 0 Å². The second-order valence-electron chi connectivity index (χ2n) is 4.65. The van der Waals surface area contributed by atoms with Gasteiger partial charge in [0.2, 0.25) is 11.8 Å². The second kappa shape index (κ2) is 5.94. The van der Waals surface area contributed by atoms with Crippen molar-refractivity contribution in [2.45, 2.75) is 12.5 Å². The number of aromatic nitrogens is 1. The Morgan fingerprint density at radius 1 is 1.32 bits per heavy atom. The first-order chi connectivity index (χ1) is 10.6. The predicted molar refractivity (Wildman–Crippen MR) is 81.7 cm³/mol. The van der Waals surface area contributed by atoms with Gasteiger partial charge in [0.05, 0.1) is 17.7 Å². The number of amides is 3. The van der Waals surface area contributed by atoms with Crippen LogP contribution < -0.4 is 16.0 Å². The summed E-state index contributed by atoms with van der Waals surface area (Å²) in [4.78, 5) is 40.1. The van der Waals surface area contributed by atoms with E-state index in [0.29, 0.717) is 16.4 Å². The van der Waals surface area contributed by atoms with Crippen LogP contribution in [0.15, 0.2) is 35.8 Å². The van der Waals surface area contributed by atoms with E-state index in [1.165, 1.54) is 11.3 Å². The van der Waals surface area contributed by atoms with Crippen LogP contribution in [0.4, 0.5) is 10.8 Å². The van der Waals surface area contributed by atoms with Crippen LogP contribution in [0.3, 0.4) is 0 Å². The van der Waals surface area contributed by atoms with Gasteiger partial charge in [0, 0.05) is 11.6 Å². The first-order valence-electron chi connectivity index (χ1n) is 6.53. The highest BCUT2D eigenvalue weighted by Gasteiger charge is 2.29. The molecule has 7 nitrogen and oxygen atoms in total. The van der Waals surface area contributed by atoms with Crippen LogP contribution in [0.5, 0.6) is 0 Å². The molecule has 112 valence electrons. The molecule has 3 N–H and O–H groups in total. The van der Waals surface area contributed by atoms with Crippen LogP contribution in [-0.2, 0) is 9.59 Å². The molecule has 0 fully saturated rings. The highest BCUT2D eigenvalue weighted by molar-refractivity contribution is 7.13. The predicted octanol–water partition coefficient (Wildman–Crippen LogP) is 1.22. The smallest absolute Gasteiger partial charge is 0.254 e. The molecule has 1 unspecified atom stereocenters. The monoisotopic (exact) mass is 316 g/mol. The number of hydrogen-bond donors (Lipinski definition) is 3. The van der Waals surface area contributed by atoms with E-state index < -0.39 is 11.9 Å². The zero-order valence-electron chi connectivity index (χ0n) is 11.3. The highest BCUT2D eigenvalue weighted by atomic mass is 32.1. The third-order valence-corrected chi connectivity index (χ3v) is 3.81. The number of fused-ring (bicyclic) bond motifs is 1. The molecule has 1 aromatic carbocycles. The lowest BCUT2D eigenvalue weighted by Crippen LogP contribution is -2.43. The first-order valence-corrected chi connectivity index (χ1v) is 7.41. The summed E-state index contributed by atoms with van der Waals surface area (Å²) in [6.45, 7) is 0. The van der Waals surface area contributed by atoms with Gasteiger partial charge in [0.25, 0.3) is 5.91 Å². The van der Waals surface area contributed by atoms with E-state index in [0.717, 1.165) is 0 Å². The third-order valence-electron chi connectivity index (χ3n) is 3.12. The van der Waals surface area contributed by atoms with E-state index >= 15 is 0 Å². The maximum Gasteiger partial charge on any atom is 0.254 e. The van der Waals surface area contributed by atoms with Crippen molar-refractivity contribution in [3.63, 3.8) is 0 Å². The molecule has 0 bridgehead atoms. The van der Waals surface area contributed by atoms with Gasteiger partial charge in [-0.1, -0.05) is 12.1 Å². The normalized spacial score (nSPS) is 17.0. The van der Waals surface area contributed by atoms with Gasteiger partial charge in [-0.25, -0.2) is 4.98 Å². The zero-order valence-corrected chi connectivity index (χ0v) is 12.1. The Bertz CT molecular complexity index is 729. The quantitative estimate of drug-likeness (QED) is 0.792. The summed E-state index contributed by atoms with van der Waals surface area (Å²) in [5, 5.41) is 9.98. The molecule has 2 aromatic rings. The Morgan fingerprint density at radius 2 is 2.14 bits per heavy atom. The molecule has 1 atom stereocenters. The van der Waals surface area contributed by atoms with Crippen LogP contribution in [0.2, 0.25) is 0 Å². The fourth-order valence-electron chi connectivity index (χ4n) is 2.10. The number of para-hydroxylation sites is 1. The van der Waals surface area contributed by atoms with Gasteiger partial charge in [-0.15, -0.1) is 11.3 Å². The molecule has 1 aliphatic heterocycles. The van der Waals surface area contributed by atoms with Gasteiger partial charge >= 0.3 is 0 Å². The Morgan fingerprint density at radius 3 is 2.91 bits per heavy atom. The molecule has 2 heterocycles. The molecular formula is C14H12N4O3S. The Hall–Kier alpha value is -2.74. The first kappa shape index (κ1) is 14.2. The third kappa shape index (κ3) is 2.96. The molecule has 0 spiro atoms. The van der Waals surface area contributed by atoms with Gasteiger partial charge in [-0.3, -0.25) is 14.4 Å². The van der Waals surface area contributed by atoms with E-state index in [1.54, 1.807) is 35.8 Å². The average molecular weight is 316 g/mol. The van der Waals surface area contributed by atoms with Gasteiger partial charge in [-0.05, 0) is 12.1 Å². The van der Waals surface area contributed by atoms with Gasteiger partial charge < -0.3 is 16.0 Å². The molecule has 1 aromatic heterocycles. The lowest BCUT2D eigenvalue weighted by molar-refractivity contribution is -0.122. The summed E-state index contributed by atoms with van der Waals surface area (Å²) in [6.07, 6.45) is 1.40. The molecule has 0 radical (unpaired) electrons. The molecule has 0 aliphatic carbocycles. The molecule has 1 aliphatic rings. The summed E-state index contributed by atoms with van der Waals surface area (Å²) in [5.74, 6) is -1.20. The summed E-state index contributed by atoms with van der Waals surface area (Å²) >= 11 is 1.28. The number of anilines is 2. The molecular weight excluding hydrogens is 304 g/mol. The fraction of sp³-hybridized carbons (Fsp3) is 0.143. The summed E-state index contributed by atoms with van der Waals surface area (Å²) < 4.78 is 0. The summed E-state index contributed by atoms with van der Waals surface area (Å²) in [7, 11) is 0. The van der Waals surface area contributed by atoms with Crippen LogP contribution in [0, 0.1) is 0 Å². The summed E-state index contributed by atoms with van der Waals surface area (Å²) in [6, 6.07) is 5.76. The minimum atomic E-state index is -0.931. The second-order valence-corrected chi connectivity index (χ2v) is 5.55. The lowest BCUT2D eigenvalue weighted by atomic mass is 10.1. The molecule has 22 heavy (non-hydrogen) atoms. The van der Waals surface area contributed by atoms with Gasteiger partial charge in [-0.2, -0.15) is 0 Å². The molecule has 3 amide bonds. The molecule has 8 heteroatoms. The van der Waals surface area contributed by atoms with Crippen molar-refractivity contribution in [3.8, 4) is 0 Å². The minimum Gasteiger partial charge on any atom is -0.340 e. The number of carbonyl (C=O) groups excluding carboxylic acids is 3. The van der Waals surface area contributed by atoms with Crippen molar-refractivity contribution < 1.29 is 14.4 Å². The van der Waals surface area contributed by atoms with E-state index in [2.05, 4.69) is 20.9 Å². The topological polar surface area (TPSA) is 100 Å². The lowest BCUT2D eigenvalue weighted by Gasteiger charge is -2.13. The number of nitrogens with one attached hydrogen (secondary N) is 3. The number of thiazole rings is 1. The maximum atomic E-state index is 12.1. The largest absolute Gasteiger partial charge is 0.340 e. The Kier molecular flexibility index (Phi) is 3.84. The van der Waals surface area contributed by atoms with Crippen molar-refractivity contribution in [1.82, 2.24) is 10.3 Å². The van der Waals surface area contributed by atoms with E-state index in [4.69, 9.17) is 0 Å². The van der Waals surface area contributed by atoms with E-state index in [9.17, 15) is 14.4 Å². The van der Waals surface area contributed by atoms with E-state index in [1.807, 2.05) is 0 Å². The van der Waals surface area contributed by atoms with Crippen molar-refractivity contribution >= 4 is 39.9 Å². The fourth-order valence-corrected chi connectivity index (χ4v) is 2.64. The Balaban J connectivity index is 1.71. The number of benzene rings is 1. The van der Waals surface area contributed by atoms with Crippen molar-refractivity contribution in [1.29, 1.82) is 0 Å².